The van der Waals surface area contributed by atoms with Gasteiger partial charge in [0.2, 0.25) is 0 Å². The molecule has 0 aliphatic heterocycles. The second-order valence-electron chi connectivity index (χ2n) is 1.94. The van der Waals surface area contributed by atoms with E-state index in [2.05, 4.69) is 9.99 Å². The minimum absolute atomic E-state index is 0.449. The summed E-state index contributed by atoms with van der Waals surface area (Å²) in [6.45, 7) is 2.47. The summed E-state index contributed by atoms with van der Waals surface area (Å²) in [5.74, 6) is -0.458. The Morgan fingerprint density at radius 2 is 2.36 bits per heavy atom. The molecule has 0 saturated heterocycles. The first-order valence-corrected chi connectivity index (χ1v) is 3.54. The number of hydrogen-bond acceptors (Lipinski definition) is 4. The Kier molecular flexibility index (Phi) is 6.37. The molecule has 11 heavy (non-hydrogen) atoms. The van der Waals surface area contributed by atoms with Crippen molar-refractivity contribution in [3.8, 4) is 0 Å². The largest absolute Gasteiger partial charge is 0.461 e. The summed E-state index contributed by atoms with van der Waals surface area (Å²) in [6, 6.07) is 0. The lowest BCUT2D eigenvalue weighted by molar-refractivity contribution is -0.135. The first-order chi connectivity index (χ1) is 5.31. The number of nitrogens with zero attached hydrogens (tertiary/aromatic N) is 1. The van der Waals surface area contributed by atoms with Crippen molar-refractivity contribution in [2.45, 2.75) is 19.8 Å². The van der Waals surface area contributed by atoms with E-state index in [1.165, 1.54) is 7.11 Å². The van der Waals surface area contributed by atoms with Gasteiger partial charge >= 0.3 is 5.97 Å². The predicted octanol–water partition coefficient (Wildman–Crippen LogP) is 0.962. The molecule has 4 heteroatoms. The van der Waals surface area contributed by atoms with Crippen LogP contribution in [0.15, 0.2) is 5.16 Å². The van der Waals surface area contributed by atoms with E-state index in [0.29, 0.717) is 6.61 Å². The summed E-state index contributed by atoms with van der Waals surface area (Å²) < 4.78 is 4.72. The molecule has 0 heterocycles. The van der Waals surface area contributed by atoms with E-state index in [1.807, 2.05) is 6.92 Å². The number of oxime groups is 1. The standard InChI is InChI=1S/C7H13NO3/c1-3-4-5-11-7(9)6-8-10-2/h6H,3-5H2,1-2H3. The fraction of sp³-hybridized carbons (Fsp3) is 0.714. The lowest BCUT2D eigenvalue weighted by Crippen LogP contribution is -2.06. The SMILES string of the molecule is CCCCOC(=O)C=NOC. The Bertz CT molecular complexity index is 134. The Morgan fingerprint density at radius 1 is 1.64 bits per heavy atom. The molecule has 64 valence electrons. The summed E-state index contributed by atoms with van der Waals surface area (Å²) in [6.07, 6.45) is 2.90. The minimum atomic E-state index is -0.458. The molecule has 0 saturated carbocycles. The number of unbranched alkanes of at least 4 members (excludes halogenated alkanes) is 1. The number of carbonyl (C=O) groups is 1. The maximum absolute atomic E-state index is 10.6. The van der Waals surface area contributed by atoms with Crippen LogP contribution in [0.4, 0.5) is 0 Å². The highest BCUT2D eigenvalue weighted by molar-refractivity contribution is 6.22. The van der Waals surface area contributed by atoms with Gasteiger partial charge in [0.05, 0.1) is 6.61 Å². The van der Waals surface area contributed by atoms with Crippen LogP contribution in [0.5, 0.6) is 0 Å². The smallest absolute Gasteiger partial charge is 0.352 e. The van der Waals surface area contributed by atoms with E-state index in [4.69, 9.17) is 4.74 Å². The molecule has 0 aliphatic rings. The first-order valence-electron chi connectivity index (χ1n) is 3.54. The minimum Gasteiger partial charge on any atom is -0.461 e. The van der Waals surface area contributed by atoms with E-state index in [-0.39, 0.29) is 0 Å². The van der Waals surface area contributed by atoms with Crippen molar-refractivity contribution in [3.63, 3.8) is 0 Å². The molecule has 0 atom stereocenters. The van der Waals surface area contributed by atoms with Crippen molar-refractivity contribution in [1.82, 2.24) is 0 Å². The van der Waals surface area contributed by atoms with Gasteiger partial charge in [-0.1, -0.05) is 18.5 Å². The maximum Gasteiger partial charge on any atom is 0.352 e. The molecule has 0 bridgehead atoms. The Balaban J connectivity index is 3.30. The number of rotatable bonds is 5. The van der Waals surface area contributed by atoms with E-state index in [9.17, 15) is 4.79 Å². The summed E-state index contributed by atoms with van der Waals surface area (Å²) in [4.78, 5) is 14.9. The third kappa shape index (κ3) is 6.83. The zero-order chi connectivity index (χ0) is 8.53. The third-order valence-electron chi connectivity index (χ3n) is 1.01. The molecular formula is C7H13NO3. The van der Waals surface area contributed by atoms with Gasteiger partial charge in [0.15, 0.2) is 6.21 Å². The summed E-state index contributed by atoms with van der Waals surface area (Å²) in [5.41, 5.74) is 0. The first kappa shape index (κ1) is 9.94. The quantitative estimate of drug-likeness (QED) is 0.260. The van der Waals surface area contributed by atoms with Gasteiger partial charge in [0, 0.05) is 0 Å². The maximum atomic E-state index is 10.6. The third-order valence-corrected chi connectivity index (χ3v) is 1.01. The van der Waals surface area contributed by atoms with Gasteiger partial charge in [-0.3, -0.25) is 0 Å². The Hall–Kier alpha value is -1.06. The normalized spacial score (nSPS) is 10.0. The van der Waals surface area contributed by atoms with Gasteiger partial charge in [-0.05, 0) is 6.42 Å². The van der Waals surface area contributed by atoms with Gasteiger partial charge in [-0.25, -0.2) is 4.79 Å². The molecule has 0 N–H and O–H groups in total. The molecule has 0 fully saturated rings. The number of hydrogen-bond donors (Lipinski definition) is 0. The predicted molar refractivity (Wildman–Crippen MR) is 41.4 cm³/mol. The van der Waals surface area contributed by atoms with Crippen LogP contribution < -0.4 is 0 Å². The highest BCUT2D eigenvalue weighted by Gasteiger charge is 1.95. The molecule has 0 rings (SSSR count). The second kappa shape index (κ2) is 7.05. The molecule has 0 spiro atoms. The second-order valence-corrected chi connectivity index (χ2v) is 1.94. The van der Waals surface area contributed by atoms with Crippen LogP contribution in [0.2, 0.25) is 0 Å². The number of carbonyl (C=O) groups excluding carboxylic acids is 1. The van der Waals surface area contributed by atoms with Crippen LogP contribution in [-0.2, 0) is 14.4 Å². The molecule has 0 aromatic heterocycles. The van der Waals surface area contributed by atoms with Gasteiger partial charge in [0.25, 0.3) is 0 Å². The van der Waals surface area contributed by atoms with Crippen molar-refractivity contribution in [3.05, 3.63) is 0 Å². The van der Waals surface area contributed by atoms with Crippen molar-refractivity contribution in [2.75, 3.05) is 13.7 Å². The molecule has 0 unspecified atom stereocenters. The van der Waals surface area contributed by atoms with E-state index < -0.39 is 5.97 Å². The summed E-state index contributed by atoms with van der Waals surface area (Å²) >= 11 is 0. The Morgan fingerprint density at radius 3 is 2.91 bits per heavy atom. The molecular weight excluding hydrogens is 146 g/mol. The molecule has 0 amide bonds. The molecule has 0 aromatic rings. The zero-order valence-corrected chi connectivity index (χ0v) is 6.87. The monoisotopic (exact) mass is 159 g/mol. The van der Waals surface area contributed by atoms with Crippen LogP contribution >= 0.6 is 0 Å². The van der Waals surface area contributed by atoms with E-state index in [1.54, 1.807) is 0 Å². The summed E-state index contributed by atoms with van der Waals surface area (Å²) in [5, 5.41) is 3.25. The molecule has 0 aliphatic carbocycles. The van der Waals surface area contributed by atoms with E-state index in [0.717, 1.165) is 19.1 Å². The molecule has 0 aromatic carbocycles. The van der Waals surface area contributed by atoms with Crippen LogP contribution in [0.25, 0.3) is 0 Å². The van der Waals surface area contributed by atoms with Crippen molar-refractivity contribution in [1.29, 1.82) is 0 Å². The highest BCUT2D eigenvalue weighted by atomic mass is 16.6. The number of ether oxygens (including phenoxy) is 1. The van der Waals surface area contributed by atoms with Gasteiger partial charge in [-0.2, -0.15) is 0 Å². The Labute approximate surface area is 66.2 Å². The lowest BCUT2D eigenvalue weighted by atomic mass is 10.4. The average molecular weight is 159 g/mol. The van der Waals surface area contributed by atoms with Crippen molar-refractivity contribution >= 4 is 12.2 Å². The van der Waals surface area contributed by atoms with E-state index >= 15 is 0 Å². The van der Waals surface area contributed by atoms with Crippen LogP contribution in [0.3, 0.4) is 0 Å². The number of esters is 1. The topological polar surface area (TPSA) is 47.9 Å². The fourth-order valence-electron chi connectivity index (χ4n) is 0.450. The average Bonchev–Trinajstić information content (AvgIpc) is 2.01. The fourth-order valence-corrected chi connectivity index (χ4v) is 0.450. The molecule has 4 nitrogen and oxygen atoms in total. The van der Waals surface area contributed by atoms with Crippen molar-refractivity contribution < 1.29 is 14.4 Å². The molecule has 0 radical (unpaired) electrons. The van der Waals surface area contributed by atoms with Gasteiger partial charge in [-0.15, -0.1) is 0 Å². The van der Waals surface area contributed by atoms with Crippen LogP contribution in [0, 0.1) is 0 Å². The lowest BCUT2D eigenvalue weighted by Gasteiger charge is -1.97. The zero-order valence-electron chi connectivity index (χ0n) is 6.87. The van der Waals surface area contributed by atoms with Gasteiger partial charge < -0.3 is 9.57 Å². The van der Waals surface area contributed by atoms with Crippen molar-refractivity contribution in [2.24, 2.45) is 5.16 Å². The highest BCUT2D eigenvalue weighted by Crippen LogP contribution is 1.87. The van der Waals surface area contributed by atoms with Crippen LogP contribution in [-0.4, -0.2) is 25.9 Å². The summed E-state index contributed by atoms with van der Waals surface area (Å²) in [7, 11) is 1.37. The van der Waals surface area contributed by atoms with Gasteiger partial charge in [0.1, 0.15) is 7.11 Å². The van der Waals surface area contributed by atoms with Crippen LogP contribution in [0.1, 0.15) is 19.8 Å².